The van der Waals surface area contributed by atoms with Crippen molar-refractivity contribution >= 4 is 0 Å². The maximum atomic E-state index is 9.06. The van der Waals surface area contributed by atoms with Gasteiger partial charge in [0, 0.05) is 0 Å². The van der Waals surface area contributed by atoms with Crippen LogP contribution >= 0.6 is 0 Å². The Balaban J connectivity index is 3.63. The molecular formula is C6H12N2O. The fraction of sp³-hybridized carbons (Fsp3) is 0.833. The van der Waals surface area contributed by atoms with Gasteiger partial charge in [-0.1, -0.05) is 0 Å². The van der Waals surface area contributed by atoms with E-state index >= 15 is 0 Å². The van der Waals surface area contributed by atoms with Gasteiger partial charge in [0.05, 0.1) is 12.1 Å². The van der Waals surface area contributed by atoms with Crippen molar-refractivity contribution in [1.29, 1.82) is 5.26 Å². The van der Waals surface area contributed by atoms with Crippen LogP contribution in [0.1, 0.15) is 20.8 Å². The average molecular weight is 128 g/mol. The van der Waals surface area contributed by atoms with E-state index < -0.39 is 5.72 Å². The zero-order valence-corrected chi connectivity index (χ0v) is 5.97. The molecule has 0 amide bonds. The van der Waals surface area contributed by atoms with Crippen LogP contribution in [0.5, 0.6) is 0 Å². The Kier molecular flexibility index (Phi) is 2.63. The molecule has 0 fully saturated rings. The van der Waals surface area contributed by atoms with Crippen LogP contribution in [0, 0.1) is 11.3 Å². The molecule has 1 atom stereocenters. The third kappa shape index (κ3) is 5.28. The van der Waals surface area contributed by atoms with Crippen LogP contribution in [-0.4, -0.2) is 16.9 Å². The van der Waals surface area contributed by atoms with E-state index in [0.717, 1.165) is 0 Å². The van der Waals surface area contributed by atoms with Gasteiger partial charge in [-0.05, 0) is 20.8 Å². The van der Waals surface area contributed by atoms with E-state index in [1.807, 2.05) is 6.07 Å². The van der Waals surface area contributed by atoms with Gasteiger partial charge in [0.1, 0.15) is 5.72 Å². The van der Waals surface area contributed by atoms with Crippen molar-refractivity contribution in [2.24, 2.45) is 0 Å². The second kappa shape index (κ2) is 2.81. The molecule has 0 aromatic rings. The number of aliphatic hydroxyl groups is 1. The lowest BCUT2D eigenvalue weighted by Gasteiger charge is -2.20. The summed E-state index contributed by atoms with van der Waals surface area (Å²) in [5, 5.41) is 20.0. The van der Waals surface area contributed by atoms with Gasteiger partial charge in [0.2, 0.25) is 0 Å². The summed E-state index contributed by atoms with van der Waals surface area (Å²) in [6.45, 7) is 4.89. The maximum absolute atomic E-state index is 9.06. The van der Waals surface area contributed by atoms with Crippen molar-refractivity contribution in [2.45, 2.75) is 32.5 Å². The molecule has 0 aliphatic heterocycles. The van der Waals surface area contributed by atoms with E-state index in [1.54, 1.807) is 20.8 Å². The minimum Gasteiger partial charge on any atom is -0.376 e. The molecule has 0 heterocycles. The topological polar surface area (TPSA) is 56.0 Å². The minimum absolute atomic E-state index is 0.301. The van der Waals surface area contributed by atoms with Crippen LogP contribution in [0.15, 0.2) is 0 Å². The zero-order valence-electron chi connectivity index (χ0n) is 5.97. The standard InChI is InChI=1S/C6H12N2O/c1-5(4-7)8-6(2,3)9/h5,8-9H,1-3H3. The van der Waals surface area contributed by atoms with Gasteiger partial charge in [0.15, 0.2) is 0 Å². The SMILES string of the molecule is CC(C#N)NC(C)(C)O. The molecule has 0 aliphatic rings. The molecule has 0 spiro atoms. The predicted octanol–water partition coefficient (Wildman–Crippen LogP) is 0.216. The molecule has 9 heavy (non-hydrogen) atoms. The van der Waals surface area contributed by atoms with Crippen LogP contribution < -0.4 is 5.32 Å². The van der Waals surface area contributed by atoms with Gasteiger partial charge in [-0.25, -0.2) is 0 Å². The summed E-state index contributed by atoms with van der Waals surface area (Å²) >= 11 is 0. The van der Waals surface area contributed by atoms with Crippen LogP contribution in [0.25, 0.3) is 0 Å². The third-order valence-electron chi connectivity index (χ3n) is 0.763. The highest BCUT2D eigenvalue weighted by Gasteiger charge is 2.13. The van der Waals surface area contributed by atoms with Crippen molar-refractivity contribution in [3.8, 4) is 6.07 Å². The average Bonchev–Trinajstić information content (AvgIpc) is 1.62. The number of hydrogen-bond donors (Lipinski definition) is 2. The molecule has 0 aromatic carbocycles. The summed E-state index contributed by atoms with van der Waals surface area (Å²) in [5.41, 5.74) is -0.949. The lowest BCUT2D eigenvalue weighted by atomic mass is 10.2. The van der Waals surface area contributed by atoms with Crippen molar-refractivity contribution in [3.05, 3.63) is 0 Å². The van der Waals surface area contributed by atoms with E-state index in [4.69, 9.17) is 10.4 Å². The fourth-order valence-corrected chi connectivity index (χ4v) is 0.562. The van der Waals surface area contributed by atoms with Gasteiger partial charge in [-0.15, -0.1) is 0 Å². The van der Waals surface area contributed by atoms with Crippen molar-refractivity contribution in [1.82, 2.24) is 5.32 Å². The molecule has 0 saturated heterocycles. The molecular weight excluding hydrogens is 116 g/mol. The number of nitrogens with zero attached hydrogens (tertiary/aromatic N) is 1. The number of hydrogen-bond acceptors (Lipinski definition) is 3. The summed E-state index contributed by atoms with van der Waals surface area (Å²) in [6.07, 6.45) is 0. The molecule has 0 rings (SSSR count). The first-order valence-corrected chi connectivity index (χ1v) is 2.85. The molecule has 3 nitrogen and oxygen atoms in total. The Morgan fingerprint density at radius 3 is 2.22 bits per heavy atom. The van der Waals surface area contributed by atoms with E-state index in [-0.39, 0.29) is 6.04 Å². The number of nitriles is 1. The summed E-state index contributed by atoms with van der Waals surface area (Å²) in [5.74, 6) is 0. The lowest BCUT2D eigenvalue weighted by molar-refractivity contribution is 0.0390. The zero-order chi connectivity index (χ0) is 7.49. The van der Waals surface area contributed by atoms with Crippen LogP contribution in [0.2, 0.25) is 0 Å². The largest absolute Gasteiger partial charge is 0.376 e. The Morgan fingerprint density at radius 1 is 1.67 bits per heavy atom. The first-order valence-electron chi connectivity index (χ1n) is 2.85. The normalized spacial score (nSPS) is 14.6. The van der Waals surface area contributed by atoms with Gasteiger partial charge < -0.3 is 5.11 Å². The predicted molar refractivity (Wildman–Crippen MR) is 34.5 cm³/mol. The smallest absolute Gasteiger partial charge is 0.111 e. The van der Waals surface area contributed by atoms with Gasteiger partial charge in [-0.2, -0.15) is 5.26 Å². The molecule has 0 aromatic heterocycles. The summed E-state index contributed by atoms with van der Waals surface area (Å²) in [7, 11) is 0. The summed E-state index contributed by atoms with van der Waals surface area (Å²) in [4.78, 5) is 0. The number of rotatable bonds is 2. The molecule has 0 aliphatic carbocycles. The Labute approximate surface area is 55.3 Å². The highest BCUT2D eigenvalue weighted by molar-refractivity contribution is 4.87. The number of nitrogens with one attached hydrogen (secondary N) is 1. The highest BCUT2D eigenvalue weighted by Crippen LogP contribution is 1.95. The first kappa shape index (κ1) is 8.41. The van der Waals surface area contributed by atoms with E-state index in [9.17, 15) is 0 Å². The lowest BCUT2D eigenvalue weighted by Crippen LogP contribution is -2.43. The van der Waals surface area contributed by atoms with Gasteiger partial charge >= 0.3 is 0 Å². The first-order chi connectivity index (χ1) is 3.95. The molecule has 3 heteroatoms. The van der Waals surface area contributed by atoms with E-state index in [1.165, 1.54) is 0 Å². The van der Waals surface area contributed by atoms with Crippen LogP contribution in [-0.2, 0) is 0 Å². The van der Waals surface area contributed by atoms with E-state index in [2.05, 4.69) is 5.32 Å². The summed E-state index contributed by atoms with van der Waals surface area (Å²) in [6, 6.07) is 1.65. The van der Waals surface area contributed by atoms with Crippen LogP contribution in [0.3, 0.4) is 0 Å². The second-order valence-electron chi connectivity index (χ2n) is 2.55. The van der Waals surface area contributed by atoms with Crippen molar-refractivity contribution in [3.63, 3.8) is 0 Å². The minimum atomic E-state index is -0.949. The van der Waals surface area contributed by atoms with Crippen molar-refractivity contribution in [2.75, 3.05) is 0 Å². The van der Waals surface area contributed by atoms with Crippen molar-refractivity contribution < 1.29 is 5.11 Å². The van der Waals surface area contributed by atoms with E-state index in [0.29, 0.717) is 0 Å². The summed E-state index contributed by atoms with van der Waals surface area (Å²) < 4.78 is 0. The third-order valence-corrected chi connectivity index (χ3v) is 0.763. The van der Waals surface area contributed by atoms with Gasteiger partial charge in [-0.3, -0.25) is 5.32 Å². The quantitative estimate of drug-likeness (QED) is 0.523. The highest BCUT2D eigenvalue weighted by atomic mass is 16.3. The fourth-order valence-electron chi connectivity index (χ4n) is 0.562. The molecule has 0 radical (unpaired) electrons. The van der Waals surface area contributed by atoms with Crippen LogP contribution in [0.4, 0.5) is 0 Å². The second-order valence-corrected chi connectivity index (χ2v) is 2.55. The molecule has 0 saturated carbocycles. The van der Waals surface area contributed by atoms with Gasteiger partial charge in [0.25, 0.3) is 0 Å². The molecule has 2 N–H and O–H groups in total. The maximum Gasteiger partial charge on any atom is 0.111 e. The molecule has 1 unspecified atom stereocenters. The Bertz CT molecular complexity index is 120. The monoisotopic (exact) mass is 128 g/mol. The Hall–Kier alpha value is -0.590. The molecule has 52 valence electrons. The Morgan fingerprint density at radius 2 is 2.11 bits per heavy atom. The molecule has 0 bridgehead atoms.